The summed E-state index contributed by atoms with van der Waals surface area (Å²) in [6.45, 7) is 1.25. The van der Waals surface area contributed by atoms with Crippen LogP contribution in [0.15, 0.2) is 33.5 Å². The van der Waals surface area contributed by atoms with Crippen molar-refractivity contribution in [1.82, 2.24) is 4.57 Å². The van der Waals surface area contributed by atoms with Crippen molar-refractivity contribution in [3.05, 3.63) is 50.5 Å². The maximum Gasteiger partial charge on any atom is 0.254 e. The van der Waals surface area contributed by atoms with E-state index in [0.29, 0.717) is 28.6 Å². The summed E-state index contributed by atoms with van der Waals surface area (Å²) < 4.78 is 31.5. The van der Waals surface area contributed by atoms with Crippen molar-refractivity contribution in [2.75, 3.05) is 16.6 Å². The molecule has 0 amide bonds. The summed E-state index contributed by atoms with van der Waals surface area (Å²) in [6, 6.07) is 6.07. The number of pyridine rings is 1. The molecule has 0 aliphatic heterocycles. The van der Waals surface area contributed by atoms with E-state index in [0.717, 1.165) is 0 Å². The van der Waals surface area contributed by atoms with Crippen LogP contribution in [0.5, 0.6) is 0 Å². The molecule has 1 saturated carbocycles. The Morgan fingerprint density at radius 1 is 1.34 bits per heavy atom. The summed E-state index contributed by atoms with van der Waals surface area (Å²) in [7, 11) is -0.0240. The molecule has 2 aromatic rings. The van der Waals surface area contributed by atoms with E-state index in [4.69, 9.17) is 5.11 Å². The molecular formula is C19H23BrFN3O4S. The van der Waals surface area contributed by atoms with Gasteiger partial charge in [-0.25, -0.2) is 8.60 Å². The molecule has 3 rings (SSSR count). The van der Waals surface area contributed by atoms with Crippen LogP contribution in [0, 0.1) is 12.7 Å². The highest BCUT2D eigenvalue weighted by molar-refractivity contribution is 9.10. The summed E-state index contributed by atoms with van der Waals surface area (Å²) in [6.07, 6.45) is 0.564. The highest BCUT2D eigenvalue weighted by Crippen LogP contribution is 2.46. The van der Waals surface area contributed by atoms with Crippen molar-refractivity contribution in [1.29, 1.82) is 0 Å². The summed E-state index contributed by atoms with van der Waals surface area (Å²) >= 11 is 3.20. The third-order valence-corrected chi connectivity index (χ3v) is 7.26. The zero-order valence-corrected chi connectivity index (χ0v) is 18.4. The molecule has 0 saturated heterocycles. The third-order valence-electron chi connectivity index (χ3n) is 5.00. The van der Waals surface area contributed by atoms with Crippen LogP contribution < -0.4 is 15.6 Å². The first-order valence-electron chi connectivity index (χ1n) is 9.07. The molecule has 1 fully saturated rings. The van der Waals surface area contributed by atoms with Crippen LogP contribution in [0.2, 0.25) is 0 Å². The van der Waals surface area contributed by atoms with Crippen LogP contribution in [0.1, 0.15) is 24.8 Å². The van der Waals surface area contributed by atoms with Gasteiger partial charge in [0.25, 0.3) is 5.56 Å². The highest BCUT2D eigenvalue weighted by Gasteiger charge is 2.50. The summed E-state index contributed by atoms with van der Waals surface area (Å²) in [5.41, 5.74) is 0.722. The van der Waals surface area contributed by atoms with Gasteiger partial charge < -0.3 is 20.3 Å². The molecule has 10 heteroatoms. The van der Waals surface area contributed by atoms with Crippen molar-refractivity contribution in [3.63, 3.8) is 0 Å². The minimum absolute atomic E-state index is 0.165. The maximum atomic E-state index is 14.3. The number of hydrogen-bond acceptors (Lipinski definition) is 5. The largest absolute Gasteiger partial charge is 0.394 e. The fourth-order valence-electron chi connectivity index (χ4n) is 3.15. The Bertz CT molecular complexity index is 1010. The molecule has 1 aromatic heterocycles. The van der Waals surface area contributed by atoms with Gasteiger partial charge in [-0.05, 0) is 50.5 Å². The number of hydrogen-bond donors (Lipinski definition) is 4. The van der Waals surface area contributed by atoms with Gasteiger partial charge in [0.15, 0.2) is 0 Å². The van der Waals surface area contributed by atoms with E-state index >= 15 is 0 Å². The molecule has 0 radical (unpaired) electrons. The Hall–Kier alpha value is -1.75. The van der Waals surface area contributed by atoms with Crippen LogP contribution in [-0.4, -0.2) is 36.4 Å². The van der Waals surface area contributed by atoms with Crippen LogP contribution >= 0.6 is 15.9 Å². The lowest BCUT2D eigenvalue weighted by Crippen LogP contribution is -2.31. The Balaban J connectivity index is 1.94. The normalized spacial score (nSPS) is 16.9. The van der Waals surface area contributed by atoms with Gasteiger partial charge >= 0.3 is 0 Å². The van der Waals surface area contributed by atoms with Crippen molar-refractivity contribution < 1.29 is 18.8 Å². The fraction of sp³-hybridized carbons (Fsp3) is 0.421. The molecule has 29 heavy (non-hydrogen) atoms. The molecule has 158 valence electrons. The predicted molar refractivity (Wildman–Crippen MR) is 115 cm³/mol. The summed E-state index contributed by atoms with van der Waals surface area (Å²) in [5.74, 6) is -0.238. The number of nitrogens with zero attached hydrogens (tertiary/aromatic N) is 1. The number of aromatic nitrogens is 1. The number of halogens is 2. The average Bonchev–Trinajstić information content (AvgIpc) is 3.45. The average molecular weight is 488 g/mol. The molecule has 7 nitrogen and oxygen atoms in total. The number of aryl methyl sites for hydroxylation is 1. The van der Waals surface area contributed by atoms with E-state index in [2.05, 4.69) is 26.0 Å². The topological polar surface area (TPSA) is 104 Å². The minimum Gasteiger partial charge on any atom is -0.394 e. The van der Waals surface area contributed by atoms with Gasteiger partial charge in [-0.3, -0.25) is 9.36 Å². The maximum absolute atomic E-state index is 14.3. The number of nitrogens with one attached hydrogen (secondary N) is 2. The van der Waals surface area contributed by atoms with E-state index in [1.165, 1.54) is 16.7 Å². The monoisotopic (exact) mass is 487 g/mol. The second-order valence-electron chi connectivity index (χ2n) is 7.30. The van der Waals surface area contributed by atoms with Crippen LogP contribution in [0.25, 0.3) is 0 Å². The van der Waals surface area contributed by atoms with Gasteiger partial charge in [-0.15, -0.1) is 0 Å². The zero-order chi connectivity index (χ0) is 21.3. The van der Waals surface area contributed by atoms with Crippen LogP contribution in [-0.2, 0) is 18.0 Å². The quantitative estimate of drug-likeness (QED) is 0.458. The first-order valence-corrected chi connectivity index (χ1v) is 11.0. The second kappa shape index (κ2) is 8.55. The van der Waals surface area contributed by atoms with E-state index in [1.54, 1.807) is 26.1 Å². The Labute approximate surface area is 178 Å². The van der Waals surface area contributed by atoms with E-state index in [9.17, 15) is 18.5 Å². The SMILES string of the molecule is Cc1cc(NS(=O)C2(CC(O)CO)CC2)c(Nc2ccc(Br)cc2F)n(C)c1=O. The number of rotatable bonds is 8. The van der Waals surface area contributed by atoms with Crippen LogP contribution in [0.4, 0.5) is 21.6 Å². The molecule has 4 N–H and O–H groups in total. The van der Waals surface area contributed by atoms with Gasteiger partial charge in [0.2, 0.25) is 0 Å². The van der Waals surface area contributed by atoms with E-state index in [1.807, 2.05) is 0 Å². The number of benzene rings is 1. The molecule has 2 atom stereocenters. The molecule has 1 aliphatic rings. The standard InChI is InChI=1S/C19H23BrFN3O4S/c1-11-7-16(23-29(28)19(5-6-19)9-13(26)10-25)17(24(2)18(11)27)22-15-4-3-12(20)8-14(15)21/h3-4,7-8,13,22-23,25-26H,5-6,9-10H2,1-2H3. The highest BCUT2D eigenvalue weighted by atomic mass is 79.9. The minimum atomic E-state index is -1.57. The molecule has 0 bridgehead atoms. The van der Waals surface area contributed by atoms with Gasteiger partial charge in [-0.1, -0.05) is 15.9 Å². The first-order chi connectivity index (χ1) is 13.7. The number of anilines is 3. The number of aliphatic hydroxyl groups is 2. The van der Waals surface area contributed by atoms with Crippen LogP contribution in [0.3, 0.4) is 0 Å². The van der Waals surface area contributed by atoms with Gasteiger partial charge in [0.05, 0.1) is 28.8 Å². The molecule has 1 aliphatic carbocycles. The molecule has 1 aromatic carbocycles. The summed E-state index contributed by atoms with van der Waals surface area (Å²) in [4.78, 5) is 12.4. The lowest BCUT2D eigenvalue weighted by Gasteiger charge is -2.22. The summed E-state index contributed by atoms with van der Waals surface area (Å²) in [5, 5.41) is 21.8. The van der Waals surface area contributed by atoms with Gasteiger partial charge in [0, 0.05) is 17.1 Å². The lowest BCUT2D eigenvalue weighted by molar-refractivity contribution is 0.0862. The van der Waals surface area contributed by atoms with E-state index in [-0.39, 0.29) is 23.5 Å². The number of aliphatic hydroxyl groups excluding tert-OH is 2. The van der Waals surface area contributed by atoms with Gasteiger partial charge in [0.1, 0.15) is 22.6 Å². The third kappa shape index (κ3) is 4.71. The lowest BCUT2D eigenvalue weighted by atomic mass is 10.2. The Morgan fingerprint density at radius 3 is 2.62 bits per heavy atom. The first kappa shape index (κ1) is 21.9. The molecule has 2 unspecified atom stereocenters. The smallest absolute Gasteiger partial charge is 0.254 e. The van der Waals surface area contributed by atoms with Crippen molar-refractivity contribution in [2.24, 2.45) is 7.05 Å². The van der Waals surface area contributed by atoms with Gasteiger partial charge in [-0.2, -0.15) is 0 Å². The van der Waals surface area contributed by atoms with Crippen molar-refractivity contribution in [3.8, 4) is 0 Å². The Morgan fingerprint density at radius 2 is 2.03 bits per heavy atom. The molecule has 1 heterocycles. The van der Waals surface area contributed by atoms with Crippen molar-refractivity contribution >= 4 is 44.1 Å². The second-order valence-corrected chi connectivity index (χ2v) is 9.82. The van der Waals surface area contributed by atoms with E-state index < -0.39 is 34.3 Å². The predicted octanol–water partition coefficient (Wildman–Crippen LogP) is 2.69. The Kier molecular flexibility index (Phi) is 6.47. The fourth-order valence-corrected chi connectivity index (χ4v) is 4.87. The molecular weight excluding hydrogens is 465 g/mol. The zero-order valence-electron chi connectivity index (χ0n) is 16.0. The van der Waals surface area contributed by atoms with Crippen molar-refractivity contribution in [2.45, 2.75) is 37.0 Å². The molecule has 0 spiro atoms.